The molecule has 0 radical (unpaired) electrons. The Balaban J connectivity index is 2.06. The standard InChI is InChI=1S/C16H25FN2/c1-12-7-8-14(9-15(12)17)16(10-18)19(2)11-13-5-3-4-6-13/h7-9,13,16H,3-6,10-11,18H2,1-2H3. The van der Waals surface area contributed by atoms with E-state index in [4.69, 9.17) is 5.73 Å². The van der Waals surface area contributed by atoms with E-state index in [1.165, 1.54) is 25.7 Å². The molecule has 1 fully saturated rings. The highest BCUT2D eigenvalue weighted by atomic mass is 19.1. The van der Waals surface area contributed by atoms with Gasteiger partial charge in [-0.2, -0.15) is 0 Å². The Hall–Kier alpha value is -0.930. The number of nitrogens with zero attached hydrogens (tertiary/aromatic N) is 1. The average molecular weight is 264 g/mol. The molecule has 0 aliphatic heterocycles. The van der Waals surface area contributed by atoms with Crippen molar-refractivity contribution in [3.63, 3.8) is 0 Å². The molecule has 0 bridgehead atoms. The summed E-state index contributed by atoms with van der Waals surface area (Å²) in [5.74, 6) is 0.652. The van der Waals surface area contributed by atoms with Crippen molar-refractivity contribution in [2.45, 2.75) is 38.6 Å². The molecule has 1 aliphatic carbocycles. The lowest BCUT2D eigenvalue weighted by atomic mass is 10.0. The lowest BCUT2D eigenvalue weighted by Gasteiger charge is -2.29. The third-order valence-electron chi connectivity index (χ3n) is 4.36. The molecule has 0 saturated heterocycles. The minimum absolute atomic E-state index is 0.121. The molecule has 0 aromatic heterocycles. The topological polar surface area (TPSA) is 29.3 Å². The molecule has 0 heterocycles. The summed E-state index contributed by atoms with van der Waals surface area (Å²) >= 11 is 0. The number of benzene rings is 1. The fourth-order valence-corrected chi connectivity index (χ4v) is 3.11. The van der Waals surface area contributed by atoms with Crippen molar-refractivity contribution in [1.82, 2.24) is 4.90 Å². The van der Waals surface area contributed by atoms with Gasteiger partial charge in [0.05, 0.1) is 0 Å². The molecule has 1 saturated carbocycles. The van der Waals surface area contributed by atoms with Crippen LogP contribution in [0.5, 0.6) is 0 Å². The zero-order valence-corrected chi connectivity index (χ0v) is 12.0. The quantitative estimate of drug-likeness (QED) is 0.884. The van der Waals surface area contributed by atoms with E-state index < -0.39 is 0 Å². The lowest BCUT2D eigenvalue weighted by Crippen LogP contribution is -2.33. The minimum atomic E-state index is -0.134. The summed E-state index contributed by atoms with van der Waals surface area (Å²) in [4.78, 5) is 2.29. The Bertz CT molecular complexity index is 413. The Morgan fingerprint density at radius 2 is 2.05 bits per heavy atom. The van der Waals surface area contributed by atoms with E-state index in [1.807, 2.05) is 12.1 Å². The third kappa shape index (κ3) is 3.54. The minimum Gasteiger partial charge on any atom is -0.329 e. The summed E-state index contributed by atoms with van der Waals surface area (Å²) in [5, 5.41) is 0. The van der Waals surface area contributed by atoms with E-state index in [9.17, 15) is 4.39 Å². The van der Waals surface area contributed by atoms with Crippen LogP contribution >= 0.6 is 0 Å². The van der Waals surface area contributed by atoms with E-state index in [0.717, 1.165) is 18.0 Å². The number of halogens is 1. The van der Waals surface area contributed by atoms with Crippen LogP contribution in [0, 0.1) is 18.7 Å². The molecular weight excluding hydrogens is 239 g/mol. The van der Waals surface area contributed by atoms with E-state index in [0.29, 0.717) is 12.1 Å². The number of rotatable bonds is 5. The van der Waals surface area contributed by atoms with Gasteiger partial charge in [0.25, 0.3) is 0 Å². The van der Waals surface area contributed by atoms with Crippen molar-refractivity contribution in [3.05, 3.63) is 35.1 Å². The van der Waals surface area contributed by atoms with E-state index in [-0.39, 0.29) is 11.9 Å². The summed E-state index contributed by atoms with van der Waals surface area (Å²) < 4.78 is 13.7. The molecule has 1 atom stereocenters. The molecule has 19 heavy (non-hydrogen) atoms. The van der Waals surface area contributed by atoms with Crippen LogP contribution in [-0.4, -0.2) is 25.0 Å². The van der Waals surface area contributed by atoms with Crippen LogP contribution in [0.4, 0.5) is 4.39 Å². The Kier molecular flexibility index (Phi) is 4.94. The Morgan fingerprint density at radius 3 is 2.63 bits per heavy atom. The zero-order chi connectivity index (χ0) is 13.8. The number of hydrogen-bond donors (Lipinski definition) is 1. The van der Waals surface area contributed by atoms with Gasteiger partial charge in [0.2, 0.25) is 0 Å². The van der Waals surface area contributed by atoms with Gasteiger partial charge in [-0.15, -0.1) is 0 Å². The van der Waals surface area contributed by atoms with Crippen LogP contribution in [0.2, 0.25) is 0 Å². The second-order valence-corrected chi connectivity index (χ2v) is 5.85. The Morgan fingerprint density at radius 1 is 1.37 bits per heavy atom. The third-order valence-corrected chi connectivity index (χ3v) is 4.36. The summed E-state index contributed by atoms with van der Waals surface area (Å²) in [6, 6.07) is 5.60. The van der Waals surface area contributed by atoms with Crippen molar-refractivity contribution < 1.29 is 4.39 Å². The molecule has 1 aromatic rings. The van der Waals surface area contributed by atoms with Gasteiger partial charge in [-0.1, -0.05) is 25.0 Å². The van der Waals surface area contributed by atoms with E-state index >= 15 is 0 Å². The molecular formula is C16H25FN2. The van der Waals surface area contributed by atoms with E-state index in [1.54, 1.807) is 13.0 Å². The van der Waals surface area contributed by atoms with Crippen molar-refractivity contribution >= 4 is 0 Å². The van der Waals surface area contributed by atoms with Crippen molar-refractivity contribution in [2.24, 2.45) is 11.7 Å². The van der Waals surface area contributed by atoms with Crippen molar-refractivity contribution in [2.75, 3.05) is 20.1 Å². The van der Waals surface area contributed by atoms with Gasteiger partial charge in [0, 0.05) is 19.1 Å². The van der Waals surface area contributed by atoms with Crippen LogP contribution in [0.1, 0.15) is 42.9 Å². The van der Waals surface area contributed by atoms with Crippen molar-refractivity contribution in [1.29, 1.82) is 0 Å². The first kappa shape index (κ1) is 14.5. The fourth-order valence-electron chi connectivity index (χ4n) is 3.11. The maximum Gasteiger partial charge on any atom is 0.126 e. The monoisotopic (exact) mass is 264 g/mol. The van der Waals surface area contributed by atoms with Crippen molar-refractivity contribution in [3.8, 4) is 0 Å². The number of hydrogen-bond acceptors (Lipinski definition) is 2. The fraction of sp³-hybridized carbons (Fsp3) is 0.625. The molecule has 2 nitrogen and oxygen atoms in total. The second-order valence-electron chi connectivity index (χ2n) is 5.85. The van der Waals surface area contributed by atoms with Gasteiger partial charge in [-0.05, 0) is 49.9 Å². The second kappa shape index (κ2) is 6.49. The lowest BCUT2D eigenvalue weighted by molar-refractivity contribution is 0.212. The highest BCUT2D eigenvalue weighted by Crippen LogP contribution is 2.28. The van der Waals surface area contributed by atoms with E-state index in [2.05, 4.69) is 11.9 Å². The first-order valence-electron chi connectivity index (χ1n) is 7.28. The van der Waals surface area contributed by atoms with Crippen LogP contribution in [0.3, 0.4) is 0 Å². The van der Waals surface area contributed by atoms with Gasteiger partial charge in [0.15, 0.2) is 0 Å². The predicted octanol–water partition coefficient (Wildman–Crippen LogP) is 3.26. The highest BCUT2D eigenvalue weighted by molar-refractivity contribution is 5.26. The predicted molar refractivity (Wildman–Crippen MR) is 77.5 cm³/mol. The molecule has 106 valence electrons. The molecule has 1 aromatic carbocycles. The Labute approximate surface area is 115 Å². The maximum absolute atomic E-state index is 13.7. The zero-order valence-electron chi connectivity index (χ0n) is 12.0. The smallest absolute Gasteiger partial charge is 0.126 e. The van der Waals surface area contributed by atoms with Gasteiger partial charge in [-0.25, -0.2) is 4.39 Å². The molecule has 2 N–H and O–H groups in total. The molecule has 3 heteroatoms. The van der Waals surface area contributed by atoms with Crippen LogP contribution in [-0.2, 0) is 0 Å². The molecule has 1 unspecified atom stereocenters. The largest absolute Gasteiger partial charge is 0.329 e. The summed E-state index contributed by atoms with van der Waals surface area (Å²) in [6.07, 6.45) is 5.35. The normalized spacial score (nSPS) is 18.2. The SMILES string of the molecule is Cc1ccc(C(CN)N(C)CC2CCCC2)cc1F. The highest BCUT2D eigenvalue weighted by Gasteiger charge is 2.22. The number of aryl methyl sites for hydroxylation is 1. The first-order chi connectivity index (χ1) is 9.11. The molecule has 1 aliphatic rings. The van der Waals surface area contributed by atoms with Crippen LogP contribution in [0.25, 0.3) is 0 Å². The van der Waals surface area contributed by atoms with Crippen LogP contribution in [0.15, 0.2) is 18.2 Å². The van der Waals surface area contributed by atoms with Crippen LogP contribution < -0.4 is 5.73 Å². The molecule has 0 spiro atoms. The summed E-state index contributed by atoms with van der Waals surface area (Å²) in [7, 11) is 2.10. The molecule has 0 amide bonds. The number of nitrogens with two attached hydrogens (primary N) is 1. The average Bonchev–Trinajstić information content (AvgIpc) is 2.87. The van der Waals surface area contributed by atoms with Gasteiger partial charge in [0.1, 0.15) is 5.82 Å². The maximum atomic E-state index is 13.7. The first-order valence-corrected chi connectivity index (χ1v) is 7.28. The van der Waals surface area contributed by atoms with Gasteiger partial charge >= 0.3 is 0 Å². The van der Waals surface area contributed by atoms with Gasteiger partial charge < -0.3 is 5.73 Å². The van der Waals surface area contributed by atoms with Gasteiger partial charge in [-0.3, -0.25) is 4.90 Å². The number of likely N-dealkylation sites (N-methyl/N-ethyl adjacent to an activating group) is 1. The summed E-state index contributed by atoms with van der Waals surface area (Å²) in [5.41, 5.74) is 7.59. The molecule has 2 rings (SSSR count). The summed E-state index contributed by atoms with van der Waals surface area (Å²) in [6.45, 7) is 3.39.